The summed E-state index contributed by atoms with van der Waals surface area (Å²) < 4.78 is 16.3. The number of hydrogen-bond acceptors (Lipinski definition) is 3. The number of nitrogens with zero attached hydrogens (tertiary/aromatic N) is 1. The lowest BCUT2D eigenvalue weighted by Gasteiger charge is -1.94. The second-order valence-electron chi connectivity index (χ2n) is 1.82. The van der Waals surface area contributed by atoms with Crippen LogP contribution in [0.25, 0.3) is 0 Å². The maximum Gasteiger partial charge on any atom is 0.332 e. The first kappa shape index (κ1) is 6.98. The molecule has 1 heterocycles. The molecule has 0 saturated heterocycles. The highest BCUT2D eigenvalue weighted by molar-refractivity contribution is 5.85. The fraction of sp³-hybridized carbons (Fsp3) is 0.600. The second-order valence-corrected chi connectivity index (χ2v) is 1.82. The quantitative estimate of drug-likeness (QED) is 0.590. The van der Waals surface area contributed by atoms with Crippen LogP contribution in [-0.2, 0) is 9.53 Å². The molecule has 0 radical (unpaired) electrons. The topological polar surface area (TPSA) is 58.9 Å². The Bertz CT molecular complexity index is 180. The van der Waals surface area contributed by atoms with E-state index in [1.807, 2.05) is 0 Å². The largest absolute Gasteiger partial charge is 0.480 e. The van der Waals surface area contributed by atoms with E-state index in [9.17, 15) is 9.18 Å². The van der Waals surface area contributed by atoms with E-state index < -0.39 is 18.7 Å². The molecule has 1 aliphatic heterocycles. The molecule has 4 nitrogen and oxygen atoms in total. The minimum absolute atomic E-state index is 0.0470. The smallest absolute Gasteiger partial charge is 0.332 e. The fourth-order valence-corrected chi connectivity index (χ4v) is 0.623. The zero-order valence-electron chi connectivity index (χ0n) is 5.08. The van der Waals surface area contributed by atoms with Crippen LogP contribution in [0.4, 0.5) is 4.39 Å². The van der Waals surface area contributed by atoms with Gasteiger partial charge in [-0.25, -0.2) is 14.2 Å². The summed E-state index contributed by atoms with van der Waals surface area (Å²) in [5, 5.41) is 8.32. The van der Waals surface area contributed by atoms with Crippen molar-refractivity contribution in [1.82, 2.24) is 0 Å². The minimum atomic E-state index is -1.08. The standard InChI is InChI=1S/C5H6FNO3/c6-1-4-7-3(2-10-4)5(8)9/h3H,1-2H2,(H,8,9). The molecule has 1 atom stereocenters. The summed E-state index contributed by atoms with van der Waals surface area (Å²) in [6, 6.07) is -0.911. The van der Waals surface area contributed by atoms with Crippen molar-refractivity contribution in [2.45, 2.75) is 6.04 Å². The van der Waals surface area contributed by atoms with Gasteiger partial charge >= 0.3 is 5.97 Å². The van der Waals surface area contributed by atoms with Crippen LogP contribution in [0.3, 0.4) is 0 Å². The van der Waals surface area contributed by atoms with Crippen LogP contribution < -0.4 is 0 Å². The van der Waals surface area contributed by atoms with Gasteiger partial charge in [0.2, 0.25) is 5.90 Å². The Morgan fingerprint density at radius 1 is 2.00 bits per heavy atom. The molecule has 1 N–H and O–H groups in total. The van der Waals surface area contributed by atoms with Gasteiger partial charge in [0.1, 0.15) is 6.61 Å². The maximum atomic E-state index is 11.7. The molecule has 56 valence electrons. The van der Waals surface area contributed by atoms with Crippen molar-refractivity contribution in [3.8, 4) is 0 Å². The first-order valence-electron chi connectivity index (χ1n) is 2.72. The number of hydrogen-bond donors (Lipinski definition) is 1. The van der Waals surface area contributed by atoms with Crippen LogP contribution in [0.1, 0.15) is 0 Å². The SMILES string of the molecule is O=C(O)C1COC(CF)=N1. The predicted octanol–water partition coefficient (Wildman–Crippen LogP) is -0.162. The molecule has 0 aromatic carbocycles. The van der Waals surface area contributed by atoms with Crippen molar-refractivity contribution in [3.05, 3.63) is 0 Å². The van der Waals surface area contributed by atoms with Gasteiger partial charge in [-0.1, -0.05) is 0 Å². The summed E-state index contributed by atoms with van der Waals surface area (Å²) in [5.41, 5.74) is 0. The van der Waals surface area contributed by atoms with Gasteiger partial charge in [-0.3, -0.25) is 0 Å². The molecule has 0 amide bonds. The lowest BCUT2D eigenvalue weighted by atomic mass is 10.3. The Labute approximate surface area is 56.3 Å². The van der Waals surface area contributed by atoms with Gasteiger partial charge in [0.25, 0.3) is 0 Å². The number of carboxylic acid groups (broad SMARTS) is 1. The summed E-state index contributed by atoms with van der Waals surface area (Å²) >= 11 is 0. The monoisotopic (exact) mass is 147 g/mol. The summed E-state index contributed by atoms with van der Waals surface area (Å²) in [5.74, 6) is -1.20. The fourth-order valence-electron chi connectivity index (χ4n) is 0.623. The number of carboxylic acids is 1. The van der Waals surface area contributed by atoms with Gasteiger partial charge in [-0.15, -0.1) is 0 Å². The molecule has 5 heteroatoms. The van der Waals surface area contributed by atoms with Crippen LogP contribution >= 0.6 is 0 Å². The van der Waals surface area contributed by atoms with Gasteiger partial charge in [-0.2, -0.15) is 0 Å². The number of ether oxygens (including phenoxy) is 1. The number of aliphatic imine (C=N–C) groups is 1. The first-order valence-corrected chi connectivity index (χ1v) is 2.72. The van der Waals surface area contributed by atoms with E-state index >= 15 is 0 Å². The van der Waals surface area contributed by atoms with Crippen molar-refractivity contribution in [2.24, 2.45) is 4.99 Å². The van der Waals surface area contributed by atoms with E-state index in [4.69, 9.17) is 5.11 Å². The van der Waals surface area contributed by atoms with Gasteiger partial charge < -0.3 is 9.84 Å². The molecule has 0 aromatic heterocycles. The van der Waals surface area contributed by atoms with Crippen molar-refractivity contribution in [2.75, 3.05) is 13.3 Å². The molecule has 1 unspecified atom stereocenters. The summed E-state index contributed by atoms with van der Waals surface area (Å²) in [7, 11) is 0. The van der Waals surface area contributed by atoms with Crippen LogP contribution in [0, 0.1) is 0 Å². The zero-order valence-corrected chi connectivity index (χ0v) is 5.08. The van der Waals surface area contributed by atoms with E-state index in [0.717, 1.165) is 0 Å². The molecular formula is C5H6FNO3. The van der Waals surface area contributed by atoms with Gasteiger partial charge in [-0.05, 0) is 0 Å². The summed E-state index contributed by atoms with van der Waals surface area (Å²) in [6.07, 6.45) is 0. The summed E-state index contributed by atoms with van der Waals surface area (Å²) in [4.78, 5) is 13.6. The number of aliphatic carboxylic acids is 1. The van der Waals surface area contributed by atoms with Crippen LogP contribution in [0.2, 0.25) is 0 Å². The predicted molar refractivity (Wildman–Crippen MR) is 30.8 cm³/mol. The molecular weight excluding hydrogens is 141 g/mol. The third-order valence-corrected chi connectivity index (χ3v) is 1.11. The second kappa shape index (κ2) is 2.64. The Hall–Kier alpha value is -1.13. The first-order chi connectivity index (χ1) is 4.74. The third kappa shape index (κ3) is 1.23. The highest BCUT2D eigenvalue weighted by atomic mass is 19.1. The molecule has 1 rings (SSSR count). The number of rotatable bonds is 2. The molecule has 0 saturated carbocycles. The van der Waals surface area contributed by atoms with Crippen LogP contribution in [0.15, 0.2) is 4.99 Å². The lowest BCUT2D eigenvalue weighted by Crippen LogP contribution is -2.18. The van der Waals surface area contributed by atoms with E-state index in [-0.39, 0.29) is 12.5 Å². The Morgan fingerprint density at radius 2 is 2.70 bits per heavy atom. The Morgan fingerprint density at radius 3 is 3.00 bits per heavy atom. The van der Waals surface area contributed by atoms with Crippen LogP contribution in [-0.4, -0.2) is 36.3 Å². The van der Waals surface area contributed by atoms with Crippen molar-refractivity contribution in [3.63, 3.8) is 0 Å². The van der Waals surface area contributed by atoms with E-state index in [1.165, 1.54) is 0 Å². The number of halogens is 1. The third-order valence-electron chi connectivity index (χ3n) is 1.11. The molecule has 10 heavy (non-hydrogen) atoms. The van der Waals surface area contributed by atoms with E-state index in [0.29, 0.717) is 0 Å². The Kier molecular flexibility index (Phi) is 1.84. The van der Waals surface area contributed by atoms with E-state index in [1.54, 1.807) is 0 Å². The molecule has 0 aromatic rings. The minimum Gasteiger partial charge on any atom is -0.480 e. The average Bonchev–Trinajstić information content (AvgIpc) is 2.34. The van der Waals surface area contributed by atoms with Crippen molar-refractivity contribution < 1.29 is 19.0 Å². The normalized spacial score (nSPS) is 23.7. The lowest BCUT2D eigenvalue weighted by molar-refractivity contribution is -0.138. The van der Waals surface area contributed by atoms with Crippen LogP contribution in [0.5, 0.6) is 0 Å². The maximum absolute atomic E-state index is 11.7. The van der Waals surface area contributed by atoms with Gasteiger partial charge in [0, 0.05) is 0 Å². The molecule has 1 aliphatic rings. The molecule has 0 fully saturated rings. The van der Waals surface area contributed by atoms with Crippen molar-refractivity contribution >= 4 is 11.9 Å². The zero-order chi connectivity index (χ0) is 7.56. The highest BCUT2D eigenvalue weighted by Gasteiger charge is 2.24. The van der Waals surface area contributed by atoms with E-state index in [2.05, 4.69) is 9.73 Å². The molecule has 0 bridgehead atoms. The van der Waals surface area contributed by atoms with Crippen molar-refractivity contribution in [1.29, 1.82) is 0 Å². The number of carbonyl (C=O) groups is 1. The van der Waals surface area contributed by atoms with Gasteiger partial charge in [0.05, 0.1) is 0 Å². The summed E-state index contributed by atoms with van der Waals surface area (Å²) in [6.45, 7) is -0.877. The average molecular weight is 147 g/mol. The molecule has 0 aliphatic carbocycles. The number of alkyl halides is 1. The Balaban J connectivity index is 2.55. The molecule has 0 spiro atoms. The van der Waals surface area contributed by atoms with Gasteiger partial charge in [0.15, 0.2) is 12.7 Å². The highest BCUT2D eigenvalue weighted by Crippen LogP contribution is 2.04.